The lowest BCUT2D eigenvalue weighted by Gasteiger charge is -2.07. The summed E-state index contributed by atoms with van der Waals surface area (Å²) in [4.78, 5) is 28.1. The van der Waals surface area contributed by atoms with E-state index in [4.69, 9.17) is 9.47 Å². The van der Waals surface area contributed by atoms with Crippen LogP contribution in [0.1, 0.15) is 11.1 Å². The minimum absolute atomic E-state index is 0.274. The molecule has 8 heteroatoms. The van der Waals surface area contributed by atoms with Crippen molar-refractivity contribution in [2.24, 2.45) is 0 Å². The number of rotatable bonds is 6. The molecule has 3 aromatic rings. The van der Waals surface area contributed by atoms with Gasteiger partial charge in [0.1, 0.15) is 5.75 Å². The number of hydrogen-bond acceptors (Lipinski definition) is 6. The molecule has 27 heavy (non-hydrogen) atoms. The number of fused-ring (bicyclic) bond motifs is 1. The number of amides is 1. The maximum atomic E-state index is 12.0. The van der Waals surface area contributed by atoms with E-state index in [-0.39, 0.29) is 6.61 Å². The number of aryl methyl sites for hydroxylation is 2. The number of ether oxygens (including phenoxy) is 2. The van der Waals surface area contributed by atoms with Gasteiger partial charge in [0.05, 0.1) is 10.2 Å². The van der Waals surface area contributed by atoms with Gasteiger partial charge >= 0.3 is 5.97 Å². The molecular formula is C19H17BrN2O4S. The van der Waals surface area contributed by atoms with Crippen molar-refractivity contribution >= 4 is 54.5 Å². The van der Waals surface area contributed by atoms with Gasteiger partial charge in [-0.15, -0.1) is 0 Å². The maximum absolute atomic E-state index is 12.0. The van der Waals surface area contributed by atoms with Crippen LogP contribution in [-0.2, 0) is 14.3 Å². The molecule has 0 aliphatic heterocycles. The third kappa shape index (κ3) is 5.27. The quantitative estimate of drug-likeness (QED) is 0.570. The lowest BCUT2D eigenvalue weighted by atomic mass is 10.1. The predicted octanol–water partition coefficient (Wildman–Crippen LogP) is 4.24. The number of carbonyl (C=O) groups is 2. The fourth-order valence-electron chi connectivity index (χ4n) is 2.47. The number of esters is 1. The Bertz CT molecular complexity index is 1000. The van der Waals surface area contributed by atoms with E-state index in [1.54, 1.807) is 18.2 Å². The highest BCUT2D eigenvalue weighted by atomic mass is 79.9. The molecule has 140 valence electrons. The smallest absolute Gasteiger partial charge is 0.344 e. The number of halogens is 1. The van der Waals surface area contributed by atoms with Crippen LogP contribution in [0.3, 0.4) is 0 Å². The normalized spacial score (nSPS) is 10.6. The van der Waals surface area contributed by atoms with Crippen LogP contribution in [-0.4, -0.2) is 30.1 Å². The molecule has 0 spiro atoms. The van der Waals surface area contributed by atoms with E-state index in [0.717, 1.165) is 25.8 Å². The molecule has 0 saturated heterocycles. The number of anilines is 1. The summed E-state index contributed by atoms with van der Waals surface area (Å²) in [5.41, 5.74) is 3.05. The molecule has 1 heterocycles. The van der Waals surface area contributed by atoms with Crippen LogP contribution in [0.5, 0.6) is 5.75 Å². The Balaban J connectivity index is 1.49. The van der Waals surface area contributed by atoms with Gasteiger partial charge in [-0.1, -0.05) is 39.4 Å². The summed E-state index contributed by atoms with van der Waals surface area (Å²) in [6, 6.07) is 11.2. The monoisotopic (exact) mass is 448 g/mol. The highest BCUT2D eigenvalue weighted by molar-refractivity contribution is 9.10. The van der Waals surface area contributed by atoms with Crippen molar-refractivity contribution in [3.8, 4) is 5.75 Å². The number of aromatic nitrogens is 1. The van der Waals surface area contributed by atoms with E-state index in [1.165, 1.54) is 11.3 Å². The van der Waals surface area contributed by atoms with E-state index in [1.807, 2.05) is 32.0 Å². The van der Waals surface area contributed by atoms with Crippen molar-refractivity contribution < 1.29 is 19.1 Å². The molecule has 0 aliphatic rings. The molecule has 1 aromatic heterocycles. The van der Waals surface area contributed by atoms with Crippen molar-refractivity contribution in [1.82, 2.24) is 4.98 Å². The molecule has 0 aliphatic carbocycles. The number of benzene rings is 2. The van der Waals surface area contributed by atoms with E-state index >= 15 is 0 Å². The van der Waals surface area contributed by atoms with Gasteiger partial charge in [-0.25, -0.2) is 9.78 Å². The maximum Gasteiger partial charge on any atom is 0.344 e. The molecular weight excluding hydrogens is 432 g/mol. The van der Waals surface area contributed by atoms with Crippen molar-refractivity contribution in [2.75, 3.05) is 18.5 Å². The average molecular weight is 449 g/mol. The molecule has 2 aromatic carbocycles. The number of nitrogens with zero attached hydrogens (tertiary/aromatic N) is 1. The number of nitrogens with one attached hydrogen (secondary N) is 1. The van der Waals surface area contributed by atoms with Crippen LogP contribution in [0.4, 0.5) is 5.13 Å². The number of hydrogen-bond donors (Lipinski definition) is 1. The second-order valence-corrected chi connectivity index (χ2v) is 7.85. The lowest BCUT2D eigenvalue weighted by Crippen LogP contribution is -2.23. The van der Waals surface area contributed by atoms with Crippen LogP contribution in [0.2, 0.25) is 0 Å². The van der Waals surface area contributed by atoms with Crippen LogP contribution < -0.4 is 10.1 Å². The second-order valence-electron chi connectivity index (χ2n) is 5.90. The zero-order chi connectivity index (χ0) is 19.4. The van der Waals surface area contributed by atoms with Crippen molar-refractivity contribution in [3.05, 3.63) is 52.0 Å². The Hall–Kier alpha value is -2.45. The van der Waals surface area contributed by atoms with Gasteiger partial charge in [-0.3, -0.25) is 10.1 Å². The largest absolute Gasteiger partial charge is 0.482 e. The minimum Gasteiger partial charge on any atom is -0.482 e. The minimum atomic E-state index is -0.624. The highest BCUT2D eigenvalue weighted by Gasteiger charge is 2.12. The Morgan fingerprint density at radius 1 is 1.19 bits per heavy atom. The van der Waals surface area contributed by atoms with Gasteiger partial charge in [0.15, 0.2) is 18.3 Å². The zero-order valence-electron chi connectivity index (χ0n) is 14.7. The summed E-state index contributed by atoms with van der Waals surface area (Å²) >= 11 is 4.70. The number of carbonyl (C=O) groups excluding carboxylic acids is 2. The Morgan fingerprint density at radius 2 is 2.00 bits per heavy atom. The van der Waals surface area contributed by atoms with Gasteiger partial charge in [0.2, 0.25) is 0 Å². The first-order valence-corrected chi connectivity index (χ1v) is 9.73. The van der Waals surface area contributed by atoms with Gasteiger partial charge in [0.25, 0.3) is 5.91 Å². The SMILES string of the molecule is Cc1cc(C)c2nc(NC(=O)COC(=O)COc3cccc(Br)c3)sc2c1. The Labute approximate surface area is 168 Å². The summed E-state index contributed by atoms with van der Waals surface area (Å²) in [5.74, 6) is -0.536. The summed E-state index contributed by atoms with van der Waals surface area (Å²) in [7, 11) is 0. The van der Waals surface area contributed by atoms with Gasteiger partial charge in [-0.2, -0.15) is 0 Å². The van der Waals surface area contributed by atoms with Crippen LogP contribution in [0.25, 0.3) is 10.2 Å². The molecule has 0 atom stereocenters. The van der Waals surface area contributed by atoms with E-state index < -0.39 is 18.5 Å². The highest BCUT2D eigenvalue weighted by Crippen LogP contribution is 2.29. The standard InChI is InChI=1S/C19H17BrN2O4S/c1-11-6-12(2)18-15(7-11)27-19(22-18)21-16(23)9-26-17(24)10-25-14-5-3-4-13(20)8-14/h3-8H,9-10H2,1-2H3,(H,21,22,23). The van der Waals surface area contributed by atoms with Crippen molar-refractivity contribution in [3.63, 3.8) is 0 Å². The average Bonchev–Trinajstić information content (AvgIpc) is 3.01. The molecule has 0 bridgehead atoms. The third-order valence-electron chi connectivity index (χ3n) is 3.59. The van der Waals surface area contributed by atoms with Crippen molar-refractivity contribution in [2.45, 2.75) is 13.8 Å². The molecule has 0 unspecified atom stereocenters. The summed E-state index contributed by atoms with van der Waals surface area (Å²) in [6.07, 6.45) is 0. The van der Waals surface area contributed by atoms with Crippen LogP contribution in [0.15, 0.2) is 40.9 Å². The molecule has 3 rings (SSSR count). The lowest BCUT2D eigenvalue weighted by molar-refractivity contribution is -0.149. The van der Waals surface area contributed by atoms with E-state index in [9.17, 15) is 9.59 Å². The summed E-state index contributed by atoms with van der Waals surface area (Å²) in [5, 5.41) is 3.14. The van der Waals surface area contributed by atoms with Gasteiger partial charge in [-0.05, 0) is 49.2 Å². The van der Waals surface area contributed by atoms with Gasteiger partial charge < -0.3 is 9.47 Å². The fraction of sp³-hybridized carbons (Fsp3) is 0.211. The summed E-state index contributed by atoms with van der Waals surface area (Å²) in [6.45, 7) is 3.33. The summed E-state index contributed by atoms with van der Waals surface area (Å²) < 4.78 is 12.1. The first-order valence-electron chi connectivity index (χ1n) is 8.12. The van der Waals surface area contributed by atoms with E-state index in [0.29, 0.717) is 10.9 Å². The molecule has 1 N–H and O–H groups in total. The number of thiazole rings is 1. The molecule has 0 radical (unpaired) electrons. The fourth-order valence-corrected chi connectivity index (χ4v) is 3.90. The zero-order valence-corrected chi connectivity index (χ0v) is 17.1. The molecule has 6 nitrogen and oxygen atoms in total. The Kier molecular flexibility index (Phi) is 6.08. The first-order chi connectivity index (χ1) is 12.9. The molecule has 0 saturated carbocycles. The topological polar surface area (TPSA) is 77.5 Å². The second kappa shape index (κ2) is 8.49. The predicted molar refractivity (Wildman–Crippen MR) is 108 cm³/mol. The molecule has 0 fully saturated rings. The van der Waals surface area contributed by atoms with Crippen LogP contribution in [0, 0.1) is 13.8 Å². The molecule has 1 amide bonds. The third-order valence-corrected chi connectivity index (χ3v) is 5.00. The van der Waals surface area contributed by atoms with Crippen LogP contribution >= 0.6 is 27.3 Å². The van der Waals surface area contributed by atoms with E-state index in [2.05, 4.69) is 26.2 Å². The van der Waals surface area contributed by atoms with Crippen molar-refractivity contribution in [1.29, 1.82) is 0 Å². The first kappa shape index (κ1) is 19.3. The Morgan fingerprint density at radius 3 is 2.78 bits per heavy atom. The van der Waals surface area contributed by atoms with Gasteiger partial charge in [0, 0.05) is 4.47 Å².